The van der Waals surface area contributed by atoms with Crippen molar-refractivity contribution in [2.45, 2.75) is 20.5 Å². The third-order valence-corrected chi connectivity index (χ3v) is 2.66. The number of carbonyl (C=O) groups is 1. The lowest BCUT2D eigenvalue weighted by Crippen LogP contribution is -2.27. The number of nitrogens with one attached hydrogen (secondary N) is 1. The molecule has 1 aromatic carbocycles. The van der Waals surface area contributed by atoms with Crippen LogP contribution in [0.2, 0.25) is 0 Å². The van der Waals surface area contributed by atoms with E-state index in [0.29, 0.717) is 12.5 Å². The maximum absolute atomic E-state index is 11.4. The van der Waals surface area contributed by atoms with Crippen molar-refractivity contribution in [3.63, 3.8) is 0 Å². The number of esters is 1. The molecule has 0 aliphatic heterocycles. The van der Waals surface area contributed by atoms with Gasteiger partial charge >= 0.3 is 5.97 Å². The van der Waals surface area contributed by atoms with E-state index in [0.717, 1.165) is 16.6 Å². The van der Waals surface area contributed by atoms with E-state index >= 15 is 0 Å². The molecular weight excluding hydrogens is 282 g/mol. The Bertz CT molecular complexity index is 349. The van der Waals surface area contributed by atoms with Gasteiger partial charge in [0.1, 0.15) is 6.61 Å². The number of halogens is 1. The van der Waals surface area contributed by atoms with Crippen molar-refractivity contribution in [1.29, 1.82) is 0 Å². The van der Waals surface area contributed by atoms with E-state index in [9.17, 15) is 4.79 Å². The third-order valence-electron chi connectivity index (χ3n) is 2.14. The van der Waals surface area contributed by atoms with Gasteiger partial charge in [-0.05, 0) is 30.2 Å². The maximum atomic E-state index is 11.4. The molecule has 0 aliphatic rings. The van der Waals surface area contributed by atoms with Gasteiger partial charge in [-0.3, -0.25) is 4.79 Å². The van der Waals surface area contributed by atoms with Crippen LogP contribution in [0.4, 0.5) is 0 Å². The molecule has 3 nitrogen and oxygen atoms in total. The van der Waals surface area contributed by atoms with Gasteiger partial charge in [0.2, 0.25) is 0 Å². The maximum Gasteiger partial charge on any atom is 0.320 e. The standard InChI is InChI=1S/C13H18BrNO2/c1-10(2)7-15-8-13(16)17-9-11-3-5-12(14)6-4-11/h3-6,10,15H,7-9H2,1-2H3. The van der Waals surface area contributed by atoms with E-state index in [1.54, 1.807) is 0 Å². The van der Waals surface area contributed by atoms with Crippen LogP contribution in [0.15, 0.2) is 28.7 Å². The molecule has 17 heavy (non-hydrogen) atoms. The highest BCUT2D eigenvalue weighted by molar-refractivity contribution is 9.10. The number of hydrogen-bond acceptors (Lipinski definition) is 3. The second kappa shape index (κ2) is 7.45. The van der Waals surface area contributed by atoms with Crippen molar-refractivity contribution < 1.29 is 9.53 Å². The molecular formula is C13H18BrNO2. The fourth-order valence-electron chi connectivity index (χ4n) is 1.26. The van der Waals surface area contributed by atoms with E-state index in [1.807, 2.05) is 24.3 Å². The largest absolute Gasteiger partial charge is 0.460 e. The summed E-state index contributed by atoms with van der Waals surface area (Å²) in [6.45, 7) is 5.62. The van der Waals surface area contributed by atoms with Gasteiger partial charge in [-0.25, -0.2) is 0 Å². The minimum Gasteiger partial charge on any atom is -0.460 e. The molecule has 0 aromatic heterocycles. The summed E-state index contributed by atoms with van der Waals surface area (Å²) >= 11 is 3.36. The predicted octanol–water partition coefficient (Wildman–Crippen LogP) is 2.74. The number of ether oxygens (including phenoxy) is 1. The molecule has 1 aromatic rings. The van der Waals surface area contributed by atoms with E-state index in [2.05, 4.69) is 35.1 Å². The zero-order valence-corrected chi connectivity index (χ0v) is 11.8. The Labute approximate surface area is 111 Å². The van der Waals surface area contributed by atoms with Crippen LogP contribution in [0.25, 0.3) is 0 Å². The lowest BCUT2D eigenvalue weighted by atomic mass is 10.2. The molecule has 4 heteroatoms. The van der Waals surface area contributed by atoms with Gasteiger partial charge in [-0.1, -0.05) is 41.9 Å². The Balaban J connectivity index is 2.21. The van der Waals surface area contributed by atoms with Gasteiger partial charge in [0.05, 0.1) is 6.54 Å². The third kappa shape index (κ3) is 6.44. The molecule has 0 unspecified atom stereocenters. The molecule has 0 fully saturated rings. The van der Waals surface area contributed by atoms with E-state index in [4.69, 9.17) is 4.74 Å². The van der Waals surface area contributed by atoms with Crippen molar-refractivity contribution in [3.8, 4) is 0 Å². The molecule has 0 radical (unpaired) electrons. The van der Waals surface area contributed by atoms with E-state index in [1.165, 1.54) is 0 Å². The fraction of sp³-hybridized carbons (Fsp3) is 0.462. The molecule has 0 amide bonds. The molecule has 1 N–H and O–H groups in total. The topological polar surface area (TPSA) is 38.3 Å². The Morgan fingerprint density at radius 3 is 2.59 bits per heavy atom. The van der Waals surface area contributed by atoms with Crippen LogP contribution >= 0.6 is 15.9 Å². The van der Waals surface area contributed by atoms with Crippen LogP contribution in [-0.4, -0.2) is 19.1 Å². The lowest BCUT2D eigenvalue weighted by Gasteiger charge is -2.08. The average Bonchev–Trinajstić information content (AvgIpc) is 2.28. The summed E-state index contributed by atoms with van der Waals surface area (Å²) in [6, 6.07) is 7.72. The quantitative estimate of drug-likeness (QED) is 0.821. The first-order valence-electron chi connectivity index (χ1n) is 5.68. The summed E-state index contributed by atoms with van der Waals surface area (Å²) < 4.78 is 6.15. The van der Waals surface area contributed by atoms with Crippen LogP contribution in [-0.2, 0) is 16.1 Å². The van der Waals surface area contributed by atoms with Gasteiger partial charge < -0.3 is 10.1 Å². The number of benzene rings is 1. The minimum atomic E-state index is -0.214. The summed E-state index contributed by atoms with van der Waals surface area (Å²) in [4.78, 5) is 11.4. The number of carbonyl (C=O) groups excluding carboxylic acids is 1. The molecule has 0 saturated heterocycles. The first-order chi connectivity index (χ1) is 8.08. The van der Waals surface area contributed by atoms with Crippen LogP contribution in [0.5, 0.6) is 0 Å². The summed E-state index contributed by atoms with van der Waals surface area (Å²) in [5, 5.41) is 3.05. The first kappa shape index (κ1) is 14.2. The Morgan fingerprint density at radius 2 is 2.00 bits per heavy atom. The number of rotatable bonds is 6. The van der Waals surface area contributed by atoms with Crippen molar-refractivity contribution in [2.24, 2.45) is 5.92 Å². The highest BCUT2D eigenvalue weighted by Crippen LogP contribution is 2.11. The zero-order valence-electron chi connectivity index (χ0n) is 10.2. The molecule has 0 saturated carbocycles. The van der Waals surface area contributed by atoms with Gasteiger partial charge in [-0.15, -0.1) is 0 Å². The molecule has 1 rings (SSSR count). The summed E-state index contributed by atoms with van der Waals surface area (Å²) in [5.41, 5.74) is 0.991. The minimum absolute atomic E-state index is 0.214. The molecule has 0 bridgehead atoms. The molecule has 0 aliphatic carbocycles. The Morgan fingerprint density at radius 1 is 1.35 bits per heavy atom. The SMILES string of the molecule is CC(C)CNCC(=O)OCc1ccc(Br)cc1. The fourth-order valence-corrected chi connectivity index (χ4v) is 1.52. The van der Waals surface area contributed by atoms with Crippen LogP contribution in [0.1, 0.15) is 19.4 Å². The summed E-state index contributed by atoms with van der Waals surface area (Å²) in [7, 11) is 0. The van der Waals surface area contributed by atoms with Gasteiger partial charge in [-0.2, -0.15) is 0 Å². The Hall–Kier alpha value is -0.870. The monoisotopic (exact) mass is 299 g/mol. The van der Waals surface area contributed by atoms with E-state index < -0.39 is 0 Å². The highest BCUT2D eigenvalue weighted by Gasteiger charge is 2.03. The molecule has 0 atom stereocenters. The van der Waals surface area contributed by atoms with E-state index in [-0.39, 0.29) is 12.5 Å². The predicted molar refractivity (Wildman–Crippen MR) is 71.6 cm³/mol. The number of hydrogen-bond donors (Lipinski definition) is 1. The second-order valence-electron chi connectivity index (χ2n) is 4.31. The van der Waals surface area contributed by atoms with Crippen molar-refractivity contribution in [2.75, 3.05) is 13.1 Å². The highest BCUT2D eigenvalue weighted by atomic mass is 79.9. The van der Waals surface area contributed by atoms with Gasteiger partial charge in [0.15, 0.2) is 0 Å². The summed E-state index contributed by atoms with van der Waals surface area (Å²) in [5.74, 6) is 0.322. The molecule has 0 spiro atoms. The normalized spacial score (nSPS) is 10.6. The first-order valence-corrected chi connectivity index (χ1v) is 6.48. The Kier molecular flexibility index (Phi) is 6.22. The lowest BCUT2D eigenvalue weighted by molar-refractivity contribution is -0.143. The van der Waals surface area contributed by atoms with Crippen molar-refractivity contribution in [1.82, 2.24) is 5.32 Å². The van der Waals surface area contributed by atoms with Crippen molar-refractivity contribution in [3.05, 3.63) is 34.3 Å². The average molecular weight is 300 g/mol. The molecule has 0 heterocycles. The smallest absolute Gasteiger partial charge is 0.320 e. The van der Waals surface area contributed by atoms with Crippen LogP contribution in [0, 0.1) is 5.92 Å². The van der Waals surface area contributed by atoms with Crippen LogP contribution < -0.4 is 5.32 Å². The zero-order chi connectivity index (χ0) is 12.7. The van der Waals surface area contributed by atoms with Crippen molar-refractivity contribution >= 4 is 21.9 Å². The second-order valence-corrected chi connectivity index (χ2v) is 5.23. The van der Waals surface area contributed by atoms with Gasteiger partial charge in [0.25, 0.3) is 0 Å². The van der Waals surface area contributed by atoms with Gasteiger partial charge in [0, 0.05) is 4.47 Å². The summed E-state index contributed by atoms with van der Waals surface area (Å²) in [6.07, 6.45) is 0. The molecule has 94 valence electrons. The van der Waals surface area contributed by atoms with Crippen LogP contribution in [0.3, 0.4) is 0 Å².